The summed E-state index contributed by atoms with van der Waals surface area (Å²) in [6.07, 6.45) is 0. The second-order valence-corrected chi connectivity index (χ2v) is 4.06. The van der Waals surface area contributed by atoms with Gasteiger partial charge >= 0.3 is 0 Å². The lowest BCUT2D eigenvalue weighted by molar-refractivity contribution is 1.36. The van der Waals surface area contributed by atoms with Gasteiger partial charge in [0.25, 0.3) is 0 Å². The van der Waals surface area contributed by atoms with E-state index in [1.165, 1.54) is 12.1 Å². The van der Waals surface area contributed by atoms with Crippen LogP contribution in [0.15, 0.2) is 0 Å². The van der Waals surface area contributed by atoms with Crippen LogP contribution in [0.25, 0.3) is 0 Å². The van der Waals surface area contributed by atoms with Gasteiger partial charge in [-0.1, -0.05) is 25.9 Å². The van der Waals surface area contributed by atoms with Gasteiger partial charge in [0, 0.05) is 9.52 Å². The first-order valence-electron chi connectivity index (χ1n) is 2.41. The minimum atomic E-state index is 0.432. The molecule has 0 aromatic heterocycles. The van der Waals surface area contributed by atoms with Crippen LogP contribution < -0.4 is 0 Å². The Morgan fingerprint density at radius 2 is 1.60 bits per heavy atom. The number of hydrogen-bond donors (Lipinski definition) is 0. The molecule has 5 heavy (non-hydrogen) atoms. The summed E-state index contributed by atoms with van der Waals surface area (Å²) in [6.45, 7) is 4.55. The molecule has 0 unspecified atom stereocenters. The lowest BCUT2D eigenvalue weighted by Crippen LogP contribution is -1.76. The highest BCUT2D eigenvalue weighted by Gasteiger charge is 1.70. The maximum Gasteiger partial charge on any atom is 0.0192 e. The molecule has 0 nitrogen and oxygen atoms in total. The van der Waals surface area contributed by atoms with Crippen molar-refractivity contribution >= 4 is 9.52 Å². The molecule has 1 heteroatoms. The lowest BCUT2D eigenvalue weighted by atomic mass is 11.0. The second kappa shape index (κ2) is 4.22. The third-order valence-corrected chi connectivity index (χ3v) is 2.12. The van der Waals surface area contributed by atoms with E-state index in [0.29, 0.717) is 9.52 Å². The zero-order valence-corrected chi connectivity index (χ0v) is 5.54. The molecule has 0 spiro atoms. The normalized spacial score (nSPS) is 8.40. The van der Waals surface area contributed by atoms with Crippen molar-refractivity contribution in [3.05, 3.63) is 0 Å². The maximum absolute atomic E-state index is 2.27. The average Bonchev–Trinajstić information content (AvgIpc) is 1.41. The number of hydrogen-bond acceptors (Lipinski definition) is 0. The third-order valence-electron chi connectivity index (χ3n) is 0.707. The Balaban J connectivity index is 2.19. The Kier molecular flexibility index (Phi) is 4.40. The summed E-state index contributed by atoms with van der Waals surface area (Å²) in [7, 11) is 0.432. The Hall–Kier alpha value is 0.217. The summed E-state index contributed by atoms with van der Waals surface area (Å²) in [5, 5.41) is 0. The fourth-order valence-electron chi connectivity index (χ4n) is 0.354. The molecule has 0 heterocycles. The van der Waals surface area contributed by atoms with Gasteiger partial charge in [0.15, 0.2) is 0 Å². The van der Waals surface area contributed by atoms with Crippen LogP contribution in [0.4, 0.5) is 0 Å². The Bertz CT molecular complexity index is 11.1. The molecule has 0 saturated heterocycles. The zero-order chi connectivity index (χ0) is 4.12. The van der Waals surface area contributed by atoms with Crippen LogP contribution in [-0.2, 0) is 0 Å². The lowest BCUT2D eigenvalue weighted by Gasteiger charge is -1.77. The van der Waals surface area contributed by atoms with Gasteiger partial charge in [-0.2, -0.15) is 0 Å². The van der Waals surface area contributed by atoms with Crippen LogP contribution in [-0.4, -0.2) is 9.52 Å². The third kappa shape index (κ3) is 4.22. The predicted molar refractivity (Wildman–Crippen MR) is 29.5 cm³/mol. The minimum absolute atomic E-state index is 0.432. The second-order valence-electron chi connectivity index (χ2n) is 1.35. The molecule has 0 fully saturated rings. The summed E-state index contributed by atoms with van der Waals surface area (Å²) in [5.74, 6) is 0. The molecule has 0 atom stereocenters. The van der Waals surface area contributed by atoms with Gasteiger partial charge in [0.1, 0.15) is 0 Å². The van der Waals surface area contributed by atoms with E-state index in [9.17, 15) is 0 Å². The van der Waals surface area contributed by atoms with Crippen LogP contribution in [0.2, 0.25) is 12.1 Å². The van der Waals surface area contributed by atoms with Crippen LogP contribution in [0.5, 0.6) is 0 Å². The molecule has 0 aliphatic heterocycles. The topological polar surface area (TPSA) is 0 Å². The first-order chi connectivity index (χ1) is 2.41. The van der Waals surface area contributed by atoms with Gasteiger partial charge in [0.05, 0.1) is 0 Å². The van der Waals surface area contributed by atoms with Crippen molar-refractivity contribution in [2.24, 2.45) is 0 Å². The van der Waals surface area contributed by atoms with Crippen LogP contribution >= 0.6 is 0 Å². The van der Waals surface area contributed by atoms with Crippen molar-refractivity contribution < 1.29 is 0 Å². The van der Waals surface area contributed by atoms with Crippen LogP contribution in [0.3, 0.4) is 0 Å². The highest BCUT2D eigenvalue weighted by Crippen LogP contribution is 1.77. The molecule has 0 aromatic rings. The summed E-state index contributed by atoms with van der Waals surface area (Å²) >= 11 is 0. The molecule has 0 N–H and O–H groups in total. The van der Waals surface area contributed by atoms with Crippen molar-refractivity contribution in [1.29, 1.82) is 0 Å². The van der Waals surface area contributed by atoms with E-state index in [-0.39, 0.29) is 0 Å². The van der Waals surface area contributed by atoms with Gasteiger partial charge in [-0.15, -0.1) is 0 Å². The van der Waals surface area contributed by atoms with Crippen molar-refractivity contribution in [2.45, 2.75) is 25.9 Å². The molecule has 0 aromatic carbocycles. The zero-order valence-electron chi connectivity index (χ0n) is 4.12. The minimum Gasteiger partial charge on any atom is -0.0683 e. The van der Waals surface area contributed by atoms with Crippen LogP contribution in [0.1, 0.15) is 13.8 Å². The highest BCUT2D eigenvalue weighted by atomic mass is 28.2. The monoisotopic (exact) mass is 88.1 g/mol. The molecule has 0 aliphatic carbocycles. The van der Waals surface area contributed by atoms with E-state index in [1.807, 2.05) is 0 Å². The Labute approximate surface area is 36.4 Å². The van der Waals surface area contributed by atoms with E-state index in [0.717, 1.165) is 0 Å². The smallest absolute Gasteiger partial charge is 0.0192 e. The largest absolute Gasteiger partial charge is 0.0683 e. The van der Waals surface area contributed by atoms with Crippen LogP contribution in [0, 0.1) is 0 Å². The summed E-state index contributed by atoms with van der Waals surface area (Å²) in [5.41, 5.74) is 0. The summed E-state index contributed by atoms with van der Waals surface area (Å²) in [4.78, 5) is 0. The molecule has 0 saturated carbocycles. The van der Waals surface area contributed by atoms with Gasteiger partial charge in [-0.3, -0.25) is 0 Å². The first-order valence-corrected chi connectivity index (χ1v) is 4.41. The molecule has 0 amide bonds. The quantitative estimate of drug-likeness (QED) is 0.442. The molecule has 0 aliphatic rings. The highest BCUT2D eigenvalue weighted by molar-refractivity contribution is 6.34. The molecular formula is C4H12Si. The van der Waals surface area contributed by atoms with Crippen molar-refractivity contribution in [3.8, 4) is 0 Å². The molecule has 0 rings (SSSR count). The SMILES string of the molecule is CC[SiH2]CC. The standard InChI is InChI=1S/C4H12Si/c1-3-5-4-2/h3-5H2,1-2H3. The number of rotatable bonds is 2. The molecule has 0 bridgehead atoms. The van der Waals surface area contributed by atoms with Gasteiger partial charge < -0.3 is 0 Å². The predicted octanol–water partition coefficient (Wildman–Crippen LogP) is 1.03. The fraction of sp³-hybridized carbons (Fsp3) is 1.00. The van der Waals surface area contributed by atoms with E-state index in [2.05, 4.69) is 13.8 Å². The maximum atomic E-state index is 2.27. The van der Waals surface area contributed by atoms with E-state index >= 15 is 0 Å². The molecular weight excluding hydrogens is 76.1 g/mol. The van der Waals surface area contributed by atoms with E-state index in [1.54, 1.807) is 0 Å². The Morgan fingerprint density at radius 3 is 1.60 bits per heavy atom. The van der Waals surface area contributed by atoms with Crippen molar-refractivity contribution in [3.63, 3.8) is 0 Å². The molecule has 32 valence electrons. The van der Waals surface area contributed by atoms with Gasteiger partial charge in [0.2, 0.25) is 0 Å². The summed E-state index contributed by atoms with van der Waals surface area (Å²) in [6, 6.07) is 2.97. The van der Waals surface area contributed by atoms with Crippen molar-refractivity contribution in [1.82, 2.24) is 0 Å². The first kappa shape index (κ1) is 5.22. The van der Waals surface area contributed by atoms with Crippen molar-refractivity contribution in [2.75, 3.05) is 0 Å². The fourth-order valence-corrected chi connectivity index (χ4v) is 1.06. The van der Waals surface area contributed by atoms with E-state index < -0.39 is 0 Å². The van der Waals surface area contributed by atoms with E-state index in [4.69, 9.17) is 0 Å². The molecule has 0 radical (unpaired) electrons. The summed E-state index contributed by atoms with van der Waals surface area (Å²) < 4.78 is 0. The average molecular weight is 88.2 g/mol. The Morgan fingerprint density at radius 1 is 1.20 bits per heavy atom. The van der Waals surface area contributed by atoms with Gasteiger partial charge in [-0.05, 0) is 0 Å². The van der Waals surface area contributed by atoms with Gasteiger partial charge in [-0.25, -0.2) is 0 Å².